The Morgan fingerprint density at radius 1 is 2.00 bits per heavy atom. The lowest BCUT2D eigenvalue weighted by Crippen LogP contribution is -2.41. The molecule has 0 saturated carbocycles. The summed E-state index contributed by atoms with van der Waals surface area (Å²) >= 11 is 1.66. The summed E-state index contributed by atoms with van der Waals surface area (Å²) in [5, 5.41) is 6.91. The van der Waals surface area contributed by atoms with E-state index < -0.39 is 5.97 Å². The van der Waals surface area contributed by atoms with Gasteiger partial charge in [-0.25, -0.2) is 0 Å². The third-order valence-corrected chi connectivity index (χ3v) is 2.76. The molecule has 1 unspecified atom stereocenters. The van der Waals surface area contributed by atoms with Crippen LogP contribution >= 0.6 is 11.8 Å². The maximum atomic E-state index is 10.8. The highest BCUT2D eigenvalue weighted by Crippen LogP contribution is 2.28. The van der Waals surface area contributed by atoms with Crippen LogP contribution in [0.3, 0.4) is 0 Å². The van der Waals surface area contributed by atoms with E-state index in [1.54, 1.807) is 11.8 Å². The summed E-state index contributed by atoms with van der Waals surface area (Å²) in [5.41, 5.74) is 0. The van der Waals surface area contributed by atoms with Crippen LogP contribution in [0.15, 0.2) is 0 Å². The van der Waals surface area contributed by atoms with E-state index in [9.17, 15) is 4.79 Å². The van der Waals surface area contributed by atoms with Crippen molar-refractivity contribution in [2.45, 2.75) is 24.8 Å². The molecule has 1 atom stereocenters. The van der Waals surface area contributed by atoms with Gasteiger partial charge in [-0.2, -0.15) is 0 Å². The molecule has 0 bridgehead atoms. The number of hydrogen-bond acceptors (Lipinski definition) is 4. The molecule has 0 spiro atoms. The van der Waals surface area contributed by atoms with Crippen LogP contribution in [0.5, 0.6) is 0 Å². The first-order valence-corrected chi connectivity index (χ1v) is 4.12. The van der Waals surface area contributed by atoms with Crippen molar-refractivity contribution in [3.8, 4) is 0 Å². The molecule has 4 heteroatoms. The van der Waals surface area contributed by atoms with Gasteiger partial charge in [-0.05, 0) is 13.8 Å². The molecule has 0 aromatic rings. The molecule has 1 aliphatic heterocycles. The second-order valence-corrected chi connectivity index (χ2v) is 4.48. The lowest BCUT2D eigenvalue weighted by molar-refractivity contribution is -0.138. The molecule has 0 aromatic carbocycles. The fraction of sp³-hybridized carbons (Fsp3) is 0.833. The highest BCUT2D eigenvalue weighted by molar-refractivity contribution is 8.00. The monoisotopic (exact) mass is 162 g/mol. The van der Waals surface area contributed by atoms with Gasteiger partial charge < -0.3 is 5.11 Å². The third kappa shape index (κ3) is 1.64. The van der Waals surface area contributed by atoms with Crippen LogP contribution in [-0.4, -0.2) is 27.7 Å². The van der Waals surface area contributed by atoms with Gasteiger partial charge in [-0.3, -0.25) is 10.1 Å². The first-order chi connectivity index (χ1) is 5.05. The molecular weight excluding hydrogens is 150 g/mol. The number of rotatable bonds is 1. The molecule has 1 aliphatic rings. The summed E-state index contributed by atoms with van der Waals surface area (Å²) in [4.78, 5) is 10.7. The second kappa shape index (κ2) is 2.43. The Kier molecular flexibility index (Phi) is 1.58. The third-order valence-electron chi connectivity index (χ3n) is 1.42. The summed E-state index contributed by atoms with van der Waals surface area (Å²) in [7, 11) is 0. The molecule has 0 radical (unpaired) electrons. The molecule has 2 N–H and O–H groups in total. The van der Waals surface area contributed by atoms with E-state index >= 15 is 0 Å². The molecule has 3 nitrogen and oxygen atoms in total. The molecule has 0 amide bonds. The molecule has 1 fully saturated rings. The largest absolute Gasteiger partial charge is 0.480 e. The summed E-state index contributed by atoms with van der Waals surface area (Å²) < 4.78 is 6.40. The van der Waals surface area contributed by atoms with Gasteiger partial charge >= 0.3 is 5.97 Å². The minimum absolute atomic E-state index is 0.0706. The van der Waals surface area contributed by atoms with Crippen molar-refractivity contribution < 1.29 is 9.90 Å². The van der Waals surface area contributed by atoms with Crippen molar-refractivity contribution in [3.63, 3.8) is 0 Å². The van der Waals surface area contributed by atoms with Crippen molar-refractivity contribution in [1.29, 1.82) is 1.43 Å². The lowest BCUT2D eigenvalue weighted by Gasteiger charge is -2.16. The van der Waals surface area contributed by atoms with Crippen molar-refractivity contribution in [1.82, 2.24) is 5.32 Å². The minimum Gasteiger partial charge on any atom is -0.480 e. The maximum absolute atomic E-state index is 10.8. The van der Waals surface area contributed by atoms with Gasteiger partial charge in [0.25, 0.3) is 1.43 Å². The fourth-order valence-electron chi connectivity index (χ4n) is 0.922. The van der Waals surface area contributed by atoms with E-state index in [-0.39, 0.29) is 10.9 Å². The number of carbonyl (C=O) groups is 1. The molecule has 1 saturated heterocycles. The standard InChI is InChI=1S/C6H11NO2S/c1-6(2)7-4(3-10-6)5(8)9/h4,7H,3H2,1-2H3,(H,8,9)/i/hD. The van der Waals surface area contributed by atoms with Gasteiger partial charge in [0, 0.05) is 5.75 Å². The predicted molar refractivity (Wildman–Crippen MR) is 41.1 cm³/mol. The van der Waals surface area contributed by atoms with Crippen molar-refractivity contribution in [2.24, 2.45) is 0 Å². The van der Waals surface area contributed by atoms with E-state index in [0.29, 0.717) is 5.75 Å². The minimum atomic E-state index is -0.497. The fourth-order valence-corrected chi connectivity index (χ4v) is 1.95. The predicted octanol–water partition coefficient (Wildman–Crippen LogP) is 0.512. The molecule has 0 aliphatic carbocycles. The first-order valence-electron chi connectivity index (χ1n) is 3.54. The van der Waals surface area contributed by atoms with Crippen LogP contribution in [0.1, 0.15) is 13.8 Å². The number of carboxylic acid groups (broad SMARTS) is 1. The zero-order valence-electron chi connectivity index (χ0n) is 7.01. The molecule has 1 rings (SSSR count). The summed E-state index contributed by atoms with van der Waals surface area (Å²) in [5.74, 6) is 0.188. The van der Waals surface area contributed by atoms with Gasteiger partial charge in [0.05, 0.1) is 4.87 Å². The van der Waals surface area contributed by atoms with Crippen molar-refractivity contribution >= 4 is 17.7 Å². The number of nitrogens with one attached hydrogen (secondary N) is 1. The van der Waals surface area contributed by atoms with E-state index in [1.165, 1.54) is 0 Å². The zero-order valence-corrected chi connectivity index (χ0v) is 6.83. The quantitative estimate of drug-likeness (QED) is 0.590. The van der Waals surface area contributed by atoms with Crippen LogP contribution in [0, 0.1) is 0 Å². The highest BCUT2D eigenvalue weighted by atomic mass is 32.2. The number of thioether (sulfide) groups is 1. The number of hydrogen-bond donors (Lipinski definition) is 2. The Hall–Kier alpha value is -0.220. The average molecular weight is 162 g/mol. The van der Waals surface area contributed by atoms with Gasteiger partial charge in [-0.1, -0.05) is 0 Å². The van der Waals surface area contributed by atoms with Crippen LogP contribution in [0.4, 0.5) is 0 Å². The van der Waals surface area contributed by atoms with Crippen LogP contribution in [0.2, 0.25) is 0 Å². The van der Waals surface area contributed by atoms with E-state index in [0.717, 1.165) is 0 Å². The zero-order chi connectivity index (χ0) is 8.48. The molecule has 1 heterocycles. The Labute approximate surface area is 65.7 Å². The topological polar surface area (TPSA) is 49.3 Å². The van der Waals surface area contributed by atoms with Gasteiger partial charge in [0.1, 0.15) is 6.04 Å². The van der Waals surface area contributed by atoms with E-state index in [2.05, 4.69) is 10.4 Å². The molecular formula is C6H11NO2S. The van der Waals surface area contributed by atoms with Crippen molar-refractivity contribution in [2.75, 3.05) is 5.75 Å². The van der Waals surface area contributed by atoms with Crippen LogP contribution in [-0.2, 0) is 4.79 Å². The molecule has 58 valence electrons. The highest BCUT2D eigenvalue weighted by Gasteiger charge is 2.34. The number of carboxylic acids is 1. The summed E-state index contributed by atoms with van der Waals surface area (Å²) in [6, 6.07) is -0.313. The Balaban J connectivity index is 2.48. The average Bonchev–Trinajstić information content (AvgIpc) is 2.29. The van der Waals surface area contributed by atoms with E-state index in [4.69, 9.17) is 1.43 Å². The normalized spacial score (nSPS) is 31.4. The van der Waals surface area contributed by atoms with Crippen LogP contribution in [0.25, 0.3) is 1.43 Å². The molecule has 10 heavy (non-hydrogen) atoms. The van der Waals surface area contributed by atoms with Gasteiger partial charge in [-0.15, -0.1) is 11.8 Å². The first kappa shape index (κ1) is 6.49. The summed E-state index contributed by atoms with van der Waals surface area (Å²) in [6.45, 7) is 3.99. The molecule has 0 aromatic heterocycles. The van der Waals surface area contributed by atoms with Crippen LogP contribution < -0.4 is 5.32 Å². The maximum Gasteiger partial charge on any atom is 0.321 e. The Bertz CT molecular complexity index is 174. The van der Waals surface area contributed by atoms with Gasteiger partial charge in [0.2, 0.25) is 0 Å². The number of aliphatic carboxylic acids is 1. The van der Waals surface area contributed by atoms with Gasteiger partial charge in [0.15, 0.2) is 0 Å². The smallest absolute Gasteiger partial charge is 0.321 e. The van der Waals surface area contributed by atoms with Crippen molar-refractivity contribution in [3.05, 3.63) is 0 Å². The Morgan fingerprint density at radius 3 is 3.10 bits per heavy atom. The second-order valence-electron chi connectivity index (χ2n) is 2.84. The Morgan fingerprint density at radius 2 is 2.70 bits per heavy atom. The van der Waals surface area contributed by atoms with E-state index in [1.807, 2.05) is 13.8 Å². The SMILES string of the molecule is [2H]OC(=O)C1CSC(C)(C)N1. The summed E-state index contributed by atoms with van der Waals surface area (Å²) in [6.07, 6.45) is 0. The lowest BCUT2D eigenvalue weighted by atomic mass is 10.3.